The summed E-state index contributed by atoms with van der Waals surface area (Å²) < 4.78 is 26.3. The quantitative estimate of drug-likeness (QED) is 0.123. The number of para-hydroxylation sites is 3. The Balaban J connectivity index is 0.000000190. The molecule has 6 heteroatoms. The summed E-state index contributed by atoms with van der Waals surface area (Å²) in [5, 5.41) is 3.30. The number of hydrogen-bond donors (Lipinski definition) is 0. The maximum atomic E-state index is 8.89. The molecule has 0 spiro atoms. The molecule has 55 heavy (non-hydrogen) atoms. The molecule has 4 nitrogen and oxygen atoms in total. The average Bonchev–Trinajstić information content (AvgIpc) is 3.73. The standard InChI is InChI=1S/C26H17N2O.C23H34NSi.Ir/c1-2-9-18(10-3-1)17-28-23-15-6-5-14-22(23)27-26(28)21-13-8-12-20-19-11-4-7-16-24(19)29-25(20)21;1-22(2,3)15-18-14-20(24-16-21(18)25(7,8)9)17-11-10-12-19(13-17)23(4,5)6;/h1-12,14-16H,17H2;10,12-14,16H,15H2,1-9H3;/q2*-1;/i;15D2;. The van der Waals surface area contributed by atoms with Crippen molar-refractivity contribution in [1.29, 1.82) is 0 Å². The number of fused-ring (bicyclic) bond motifs is 4. The van der Waals surface area contributed by atoms with Gasteiger partial charge in [0.15, 0.2) is 0 Å². The first-order valence-corrected chi connectivity index (χ1v) is 22.3. The van der Waals surface area contributed by atoms with Crippen LogP contribution in [0.4, 0.5) is 0 Å². The molecule has 0 unspecified atom stereocenters. The van der Waals surface area contributed by atoms with Gasteiger partial charge >= 0.3 is 0 Å². The molecule has 0 bridgehead atoms. The molecule has 0 aliphatic rings. The van der Waals surface area contributed by atoms with Crippen molar-refractivity contribution in [2.45, 2.75) is 79.5 Å². The van der Waals surface area contributed by atoms with E-state index in [0.717, 1.165) is 72.9 Å². The Hall–Kier alpha value is -4.61. The molecule has 8 aromatic rings. The van der Waals surface area contributed by atoms with E-state index in [4.69, 9.17) is 17.1 Å². The Kier molecular flexibility index (Phi) is 10.8. The number of pyridine rings is 1. The number of nitrogens with zero attached hydrogens (tertiary/aromatic N) is 3. The van der Waals surface area contributed by atoms with E-state index >= 15 is 0 Å². The SMILES string of the molecule is [2H]C([2H])(c1cc(-c2[c-]ccc(C(C)(C)C)c2)ncc1[Si](C)(C)C)C(C)(C)C.[Ir].[c-]1ccc2c(oc3ccccc32)c1-c1nc2ccccc2n1Cc1ccccc1. The zero-order chi connectivity index (χ0) is 40.0. The smallest absolute Gasteiger partial charge is 0.120 e. The first kappa shape index (κ1) is 37.3. The third kappa shape index (κ3) is 8.94. The van der Waals surface area contributed by atoms with E-state index in [1.165, 1.54) is 11.1 Å². The van der Waals surface area contributed by atoms with Crippen LogP contribution in [0.15, 0.2) is 126 Å². The van der Waals surface area contributed by atoms with E-state index in [-0.39, 0.29) is 25.5 Å². The molecule has 5 aromatic carbocycles. The van der Waals surface area contributed by atoms with Crippen molar-refractivity contribution in [1.82, 2.24) is 14.5 Å². The maximum Gasteiger partial charge on any atom is 0.120 e. The van der Waals surface area contributed by atoms with Crippen LogP contribution in [0.3, 0.4) is 0 Å². The van der Waals surface area contributed by atoms with Gasteiger partial charge in [-0.2, -0.15) is 0 Å². The second-order valence-corrected chi connectivity index (χ2v) is 22.2. The van der Waals surface area contributed by atoms with Crippen molar-refractivity contribution in [2.24, 2.45) is 5.41 Å². The fourth-order valence-electron chi connectivity index (χ4n) is 6.84. The van der Waals surface area contributed by atoms with E-state index in [9.17, 15) is 0 Å². The van der Waals surface area contributed by atoms with E-state index in [1.54, 1.807) is 0 Å². The summed E-state index contributed by atoms with van der Waals surface area (Å²) in [7, 11) is -1.74. The molecule has 0 N–H and O–H groups in total. The molecule has 0 saturated heterocycles. The molecule has 0 atom stereocenters. The van der Waals surface area contributed by atoms with Crippen LogP contribution in [0.5, 0.6) is 0 Å². The monoisotopic (exact) mass is 920 g/mol. The second-order valence-electron chi connectivity index (χ2n) is 17.2. The zero-order valence-electron chi connectivity index (χ0n) is 35.3. The van der Waals surface area contributed by atoms with Crippen molar-refractivity contribution in [3.05, 3.63) is 150 Å². The molecule has 8 rings (SSSR count). The molecule has 3 aromatic heterocycles. The van der Waals surface area contributed by atoms with Crippen LogP contribution in [0, 0.1) is 17.5 Å². The topological polar surface area (TPSA) is 43.9 Å². The number of benzene rings is 5. The summed E-state index contributed by atoms with van der Waals surface area (Å²) in [6, 6.07) is 45.7. The minimum absolute atomic E-state index is 0. The van der Waals surface area contributed by atoms with Crippen LogP contribution in [0.2, 0.25) is 19.6 Å². The van der Waals surface area contributed by atoms with E-state index in [2.05, 4.69) is 124 Å². The van der Waals surface area contributed by atoms with Crippen molar-refractivity contribution in [2.75, 3.05) is 0 Å². The van der Waals surface area contributed by atoms with Crippen molar-refractivity contribution in [3.8, 4) is 22.6 Å². The van der Waals surface area contributed by atoms with E-state index < -0.39 is 19.9 Å². The Morgan fingerprint density at radius 3 is 2.20 bits per heavy atom. The van der Waals surface area contributed by atoms with Gasteiger partial charge in [0.05, 0.1) is 30.5 Å². The fraction of sp³-hybridized carbons (Fsp3) is 0.265. The van der Waals surface area contributed by atoms with E-state index in [0.29, 0.717) is 0 Å². The molecule has 283 valence electrons. The van der Waals surface area contributed by atoms with Crippen molar-refractivity contribution in [3.63, 3.8) is 0 Å². The van der Waals surface area contributed by atoms with Gasteiger partial charge in [0.2, 0.25) is 0 Å². The molecular formula is C49H51IrN3OSi-2. The molecule has 0 aliphatic heterocycles. The number of aromatic nitrogens is 3. The first-order chi connectivity index (χ1) is 26.4. The van der Waals surface area contributed by atoms with Gasteiger partial charge in [0.1, 0.15) is 5.58 Å². The van der Waals surface area contributed by atoms with Crippen LogP contribution in [0.1, 0.15) is 61.0 Å². The number of furan rings is 1. The Bertz CT molecular complexity index is 2660. The number of imidazole rings is 1. The first-order valence-electron chi connectivity index (χ1n) is 19.8. The fourth-order valence-corrected chi connectivity index (χ4v) is 8.23. The summed E-state index contributed by atoms with van der Waals surface area (Å²) in [5.41, 5.74) is 9.20. The average molecular weight is 920 g/mol. The minimum Gasteiger partial charge on any atom is -0.501 e. The van der Waals surface area contributed by atoms with Gasteiger partial charge in [-0.1, -0.05) is 144 Å². The van der Waals surface area contributed by atoms with E-state index in [1.807, 2.05) is 75.5 Å². The molecule has 0 amide bonds. The number of hydrogen-bond acceptors (Lipinski definition) is 3. The molecule has 0 aliphatic carbocycles. The molecule has 1 radical (unpaired) electrons. The molecule has 0 saturated carbocycles. The number of rotatable bonds is 6. The summed E-state index contributed by atoms with van der Waals surface area (Å²) in [4.78, 5) is 9.70. The Labute approximate surface area is 344 Å². The largest absolute Gasteiger partial charge is 0.501 e. The van der Waals surface area contributed by atoms with Gasteiger partial charge in [-0.05, 0) is 51.8 Å². The molecule has 3 heterocycles. The second kappa shape index (κ2) is 15.9. The minimum atomic E-state index is -1.74. The zero-order valence-corrected chi connectivity index (χ0v) is 36.7. The van der Waals surface area contributed by atoms with Crippen LogP contribution in [-0.2, 0) is 38.4 Å². The van der Waals surface area contributed by atoms with Crippen molar-refractivity contribution < 1.29 is 27.3 Å². The van der Waals surface area contributed by atoms with Gasteiger partial charge in [-0.3, -0.25) is 4.98 Å². The summed E-state index contributed by atoms with van der Waals surface area (Å²) in [6.45, 7) is 20.0. The van der Waals surface area contributed by atoms with Gasteiger partial charge in [-0.25, -0.2) is 0 Å². The summed E-state index contributed by atoms with van der Waals surface area (Å²) in [6.07, 6.45) is 0.472. The predicted molar refractivity (Wildman–Crippen MR) is 230 cm³/mol. The van der Waals surface area contributed by atoms with Crippen LogP contribution >= 0.6 is 0 Å². The molecular weight excluding hydrogens is 867 g/mol. The third-order valence-corrected chi connectivity index (χ3v) is 11.6. The summed E-state index contributed by atoms with van der Waals surface area (Å²) in [5.74, 6) is 0.875. The van der Waals surface area contributed by atoms with Gasteiger partial charge in [0, 0.05) is 41.0 Å². The Morgan fingerprint density at radius 2 is 1.47 bits per heavy atom. The molecule has 0 fully saturated rings. The predicted octanol–water partition coefficient (Wildman–Crippen LogP) is 12.4. The van der Waals surface area contributed by atoms with Gasteiger partial charge in [-0.15, -0.1) is 53.6 Å². The van der Waals surface area contributed by atoms with Crippen LogP contribution < -0.4 is 5.19 Å². The van der Waals surface area contributed by atoms with Crippen LogP contribution in [0.25, 0.3) is 55.6 Å². The normalized spacial score (nSPS) is 12.9. The van der Waals surface area contributed by atoms with Crippen LogP contribution in [-0.4, -0.2) is 22.6 Å². The Morgan fingerprint density at radius 1 is 0.782 bits per heavy atom. The van der Waals surface area contributed by atoms with Gasteiger partial charge in [0.25, 0.3) is 0 Å². The van der Waals surface area contributed by atoms with Gasteiger partial charge < -0.3 is 14.0 Å². The third-order valence-electron chi connectivity index (χ3n) is 9.57. The summed E-state index contributed by atoms with van der Waals surface area (Å²) >= 11 is 0. The van der Waals surface area contributed by atoms with Crippen molar-refractivity contribution >= 4 is 46.2 Å². The maximum absolute atomic E-state index is 8.89.